The molecule has 144 valence electrons. The van der Waals surface area contributed by atoms with Crippen LogP contribution in [0, 0.1) is 5.92 Å². The lowest BCUT2D eigenvalue weighted by atomic mass is 9.80. The SMILES string of the molecule is C[N+]1(C)C2CC[C@H]1[C@H](OC(=O)C(O)(c1ccccc1)C1CCCC1)C2.[Br-]. The van der Waals surface area contributed by atoms with Crippen LogP contribution in [-0.4, -0.2) is 47.8 Å². The molecule has 1 aromatic rings. The number of hydrogen-bond acceptors (Lipinski definition) is 3. The molecule has 2 bridgehead atoms. The Morgan fingerprint density at radius 2 is 1.77 bits per heavy atom. The predicted molar refractivity (Wildman–Crippen MR) is 95.7 cm³/mol. The number of hydrogen-bond donors (Lipinski definition) is 1. The van der Waals surface area contributed by atoms with E-state index >= 15 is 0 Å². The highest BCUT2D eigenvalue weighted by molar-refractivity contribution is 5.82. The minimum atomic E-state index is -1.50. The zero-order valence-electron chi connectivity index (χ0n) is 15.7. The van der Waals surface area contributed by atoms with Gasteiger partial charge in [-0.15, -0.1) is 0 Å². The van der Waals surface area contributed by atoms with Crippen LogP contribution in [0.3, 0.4) is 0 Å². The Bertz CT molecular complexity index is 644. The van der Waals surface area contributed by atoms with E-state index < -0.39 is 11.6 Å². The summed E-state index contributed by atoms with van der Waals surface area (Å²) in [6.07, 6.45) is 7.13. The molecular formula is C21H30BrNO3. The molecule has 3 fully saturated rings. The monoisotopic (exact) mass is 423 g/mol. The maximum Gasteiger partial charge on any atom is 0.343 e. The standard InChI is InChI=1S/C21H30NO3.BrH/c1-22(2)17-12-13-18(22)19(14-17)25-20(23)21(24,16-10-6-7-11-16)15-8-4-3-5-9-15;/h3-5,8-9,16-19,24H,6-7,10-14H2,1-2H3;1H/q+1;/p-1/t17?,18-,19+,21?;/m0./s1. The summed E-state index contributed by atoms with van der Waals surface area (Å²) in [7, 11) is 4.49. The number of ether oxygens (including phenoxy) is 1. The van der Waals surface area contributed by atoms with Crippen molar-refractivity contribution in [2.45, 2.75) is 68.7 Å². The van der Waals surface area contributed by atoms with E-state index in [4.69, 9.17) is 4.74 Å². The van der Waals surface area contributed by atoms with Crippen LogP contribution >= 0.6 is 0 Å². The molecule has 2 unspecified atom stereocenters. The van der Waals surface area contributed by atoms with Crippen molar-refractivity contribution in [3.63, 3.8) is 0 Å². The fraction of sp³-hybridized carbons (Fsp3) is 0.667. The molecule has 5 heteroatoms. The first-order valence-corrected chi connectivity index (χ1v) is 9.76. The molecular weight excluding hydrogens is 394 g/mol. The highest BCUT2D eigenvalue weighted by Crippen LogP contribution is 2.46. The van der Waals surface area contributed by atoms with Crippen molar-refractivity contribution in [1.82, 2.24) is 0 Å². The Morgan fingerprint density at radius 3 is 2.31 bits per heavy atom. The van der Waals surface area contributed by atoms with Gasteiger partial charge in [-0.25, -0.2) is 4.79 Å². The van der Waals surface area contributed by atoms with Crippen LogP contribution in [0.15, 0.2) is 30.3 Å². The number of halogens is 1. The van der Waals surface area contributed by atoms with E-state index in [2.05, 4.69) is 14.1 Å². The van der Waals surface area contributed by atoms with Gasteiger partial charge in [0.25, 0.3) is 0 Å². The molecule has 0 aromatic heterocycles. The van der Waals surface area contributed by atoms with Crippen LogP contribution < -0.4 is 17.0 Å². The summed E-state index contributed by atoms with van der Waals surface area (Å²) in [5, 5.41) is 11.5. The van der Waals surface area contributed by atoms with Gasteiger partial charge in [0.15, 0.2) is 11.7 Å². The fourth-order valence-electron chi connectivity index (χ4n) is 5.64. The van der Waals surface area contributed by atoms with Gasteiger partial charge in [0, 0.05) is 25.2 Å². The maximum atomic E-state index is 13.2. The summed E-state index contributed by atoms with van der Waals surface area (Å²) in [6.45, 7) is 0. The van der Waals surface area contributed by atoms with Gasteiger partial charge in [-0.2, -0.15) is 0 Å². The number of likely N-dealkylation sites (N-methyl/N-ethyl adjacent to an activating group) is 1. The van der Waals surface area contributed by atoms with E-state index in [9.17, 15) is 9.90 Å². The van der Waals surface area contributed by atoms with Crippen molar-refractivity contribution < 1.29 is 36.1 Å². The van der Waals surface area contributed by atoms with Gasteiger partial charge < -0.3 is 31.3 Å². The lowest BCUT2D eigenvalue weighted by molar-refractivity contribution is -0.913. The first kappa shape index (κ1) is 19.8. The summed E-state index contributed by atoms with van der Waals surface area (Å²) in [5.74, 6) is -0.466. The number of aliphatic hydroxyl groups is 1. The third kappa shape index (κ3) is 3.02. The zero-order chi connectivity index (χ0) is 17.7. The molecule has 1 saturated carbocycles. The van der Waals surface area contributed by atoms with Crippen LogP contribution in [-0.2, 0) is 15.1 Å². The Hall–Kier alpha value is -0.910. The lowest BCUT2D eigenvalue weighted by Gasteiger charge is -2.35. The van der Waals surface area contributed by atoms with Crippen molar-refractivity contribution in [2.75, 3.05) is 14.1 Å². The van der Waals surface area contributed by atoms with Gasteiger partial charge in [0.05, 0.1) is 20.1 Å². The van der Waals surface area contributed by atoms with E-state index in [-0.39, 0.29) is 29.0 Å². The van der Waals surface area contributed by atoms with Crippen LogP contribution in [0.5, 0.6) is 0 Å². The number of benzene rings is 1. The number of rotatable bonds is 4. The van der Waals surface area contributed by atoms with Gasteiger partial charge >= 0.3 is 5.97 Å². The third-order valence-corrected chi connectivity index (χ3v) is 7.25. The summed E-state index contributed by atoms with van der Waals surface area (Å²) < 4.78 is 6.96. The maximum absolute atomic E-state index is 13.2. The minimum absolute atomic E-state index is 0. The molecule has 1 aromatic carbocycles. The molecule has 1 N–H and O–H groups in total. The fourth-order valence-corrected chi connectivity index (χ4v) is 5.64. The molecule has 4 rings (SSSR count). The Morgan fingerprint density at radius 1 is 1.12 bits per heavy atom. The van der Waals surface area contributed by atoms with Gasteiger partial charge in [0.1, 0.15) is 6.04 Å². The molecule has 1 aliphatic carbocycles. The van der Waals surface area contributed by atoms with Crippen molar-refractivity contribution >= 4 is 5.97 Å². The Kier molecular flexibility index (Phi) is 5.53. The summed E-state index contributed by atoms with van der Waals surface area (Å²) in [4.78, 5) is 13.2. The molecule has 0 radical (unpaired) electrons. The first-order valence-electron chi connectivity index (χ1n) is 9.76. The smallest absolute Gasteiger partial charge is 0.343 e. The van der Waals surface area contributed by atoms with Crippen molar-refractivity contribution in [3.05, 3.63) is 35.9 Å². The van der Waals surface area contributed by atoms with Gasteiger partial charge in [-0.1, -0.05) is 43.2 Å². The van der Waals surface area contributed by atoms with E-state index in [1.54, 1.807) is 0 Å². The van der Waals surface area contributed by atoms with Crippen LogP contribution in [0.2, 0.25) is 0 Å². The second-order valence-corrected chi connectivity index (χ2v) is 8.72. The number of esters is 1. The number of carbonyl (C=O) groups is 1. The molecule has 4 nitrogen and oxygen atoms in total. The molecule has 4 atom stereocenters. The second kappa shape index (κ2) is 7.25. The zero-order valence-corrected chi connectivity index (χ0v) is 17.3. The van der Waals surface area contributed by atoms with E-state index in [0.717, 1.165) is 43.0 Å². The quantitative estimate of drug-likeness (QED) is 0.547. The van der Waals surface area contributed by atoms with Crippen molar-refractivity contribution in [3.8, 4) is 0 Å². The second-order valence-electron chi connectivity index (χ2n) is 8.72. The van der Waals surface area contributed by atoms with Crippen LogP contribution in [0.4, 0.5) is 0 Å². The number of fused-ring (bicyclic) bond motifs is 2. The molecule has 3 aliphatic rings. The normalized spacial score (nSPS) is 32.0. The number of nitrogens with zero attached hydrogens (tertiary/aromatic N) is 1. The Balaban J connectivity index is 0.00000196. The average molecular weight is 424 g/mol. The molecule has 2 aliphatic heterocycles. The summed E-state index contributed by atoms with van der Waals surface area (Å²) >= 11 is 0. The number of quaternary nitrogens is 1. The summed E-state index contributed by atoms with van der Waals surface area (Å²) in [6, 6.07) is 10.4. The van der Waals surface area contributed by atoms with Gasteiger partial charge in [-0.05, 0) is 18.4 Å². The molecule has 0 spiro atoms. The lowest BCUT2D eigenvalue weighted by Crippen LogP contribution is -3.00. The van der Waals surface area contributed by atoms with Crippen molar-refractivity contribution in [2.24, 2.45) is 5.92 Å². The largest absolute Gasteiger partial charge is 1.00 e. The molecule has 2 heterocycles. The number of carbonyl (C=O) groups excluding carboxylic acids is 1. The predicted octanol–water partition coefficient (Wildman–Crippen LogP) is -0.00870. The third-order valence-electron chi connectivity index (χ3n) is 7.25. The van der Waals surface area contributed by atoms with E-state index in [0.29, 0.717) is 17.6 Å². The topological polar surface area (TPSA) is 46.5 Å². The average Bonchev–Trinajstić information content (AvgIpc) is 3.30. The Labute approximate surface area is 166 Å². The molecule has 0 amide bonds. The highest BCUT2D eigenvalue weighted by atomic mass is 79.9. The minimum Gasteiger partial charge on any atom is -1.00 e. The molecule has 26 heavy (non-hydrogen) atoms. The molecule has 2 saturated heterocycles. The first-order chi connectivity index (χ1) is 11.9. The van der Waals surface area contributed by atoms with Gasteiger partial charge in [0.2, 0.25) is 0 Å². The van der Waals surface area contributed by atoms with E-state index in [1.165, 1.54) is 6.42 Å². The highest BCUT2D eigenvalue weighted by Gasteiger charge is 2.58. The van der Waals surface area contributed by atoms with Crippen molar-refractivity contribution in [1.29, 1.82) is 0 Å². The van der Waals surface area contributed by atoms with E-state index in [1.807, 2.05) is 30.3 Å². The van der Waals surface area contributed by atoms with Crippen LogP contribution in [0.1, 0.15) is 50.5 Å². The van der Waals surface area contributed by atoms with Gasteiger partial charge in [-0.3, -0.25) is 0 Å². The summed E-state index contributed by atoms with van der Waals surface area (Å²) in [5.41, 5.74) is -0.819. The van der Waals surface area contributed by atoms with Crippen LogP contribution in [0.25, 0.3) is 0 Å².